The Bertz CT molecular complexity index is 777. The first-order chi connectivity index (χ1) is 12.0. The number of hydrogen-bond donors (Lipinski definition) is 1. The number of thiol groups is 1. The van der Waals surface area contributed by atoms with E-state index < -0.39 is 12.1 Å². The largest absolute Gasteiger partial charge is 0.478 e. The third kappa shape index (κ3) is 5.75. The molecule has 1 heterocycles. The summed E-state index contributed by atoms with van der Waals surface area (Å²) in [5.74, 6) is 2.94. The molecule has 130 valence electrons. The van der Waals surface area contributed by atoms with Crippen molar-refractivity contribution in [3.8, 4) is 29.7 Å². The van der Waals surface area contributed by atoms with E-state index in [0.29, 0.717) is 21.5 Å². The summed E-state index contributed by atoms with van der Waals surface area (Å²) >= 11 is 15.9. The summed E-state index contributed by atoms with van der Waals surface area (Å²) in [6, 6.07) is 8.07. The second kappa shape index (κ2) is 9.42. The number of aromatic nitrogens is 1. The van der Waals surface area contributed by atoms with Crippen molar-refractivity contribution in [2.24, 2.45) is 0 Å². The topological polar surface area (TPSA) is 57.7 Å². The summed E-state index contributed by atoms with van der Waals surface area (Å²) in [6.45, 7) is -0.117. The van der Waals surface area contributed by atoms with E-state index in [1.807, 2.05) is 0 Å². The van der Waals surface area contributed by atoms with E-state index in [1.165, 1.54) is 12.3 Å². The average molecular weight is 398 g/mol. The molecule has 0 aliphatic rings. The molecule has 0 fully saturated rings. The molecule has 0 saturated heterocycles. The van der Waals surface area contributed by atoms with E-state index in [0.717, 1.165) is 0 Å². The van der Waals surface area contributed by atoms with Gasteiger partial charge in [-0.15, -0.1) is 6.42 Å². The maximum Gasteiger partial charge on any atom is 0.349 e. The number of esters is 1. The summed E-state index contributed by atoms with van der Waals surface area (Å²) in [4.78, 5) is 15.8. The SMILES string of the molecule is C#CCOC(=O)C(CS)Oc1ccc(Oc2ncc(Cl)cc2Cl)cc1. The number of carbonyl (C=O) groups excluding carboxylic acids is 1. The summed E-state index contributed by atoms with van der Waals surface area (Å²) in [7, 11) is 0. The first kappa shape index (κ1) is 19.3. The lowest BCUT2D eigenvalue weighted by Gasteiger charge is -2.15. The molecule has 25 heavy (non-hydrogen) atoms. The van der Waals surface area contributed by atoms with Crippen LogP contribution in [0, 0.1) is 12.3 Å². The lowest BCUT2D eigenvalue weighted by Crippen LogP contribution is -2.31. The summed E-state index contributed by atoms with van der Waals surface area (Å²) in [6.07, 6.45) is 5.61. The minimum Gasteiger partial charge on any atom is -0.478 e. The fraction of sp³-hybridized carbons (Fsp3) is 0.176. The van der Waals surface area contributed by atoms with E-state index in [9.17, 15) is 4.79 Å². The highest BCUT2D eigenvalue weighted by Crippen LogP contribution is 2.30. The number of halogens is 2. The quantitative estimate of drug-likeness (QED) is 0.434. The van der Waals surface area contributed by atoms with Gasteiger partial charge >= 0.3 is 5.97 Å². The Labute approximate surface area is 160 Å². The van der Waals surface area contributed by atoms with Crippen LogP contribution >= 0.6 is 35.8 Å². The fourth-order valence-electron chi connectivity index (χ4n) is 1.70. The second-order valence-electron chi connectivity index (χ2n) is 4.61. The maximum atomic E-state index is 11.8. The van der Waals surface area contributed by atoms with Gasteiger partial charge in [-0.1, -0.05) is 29.1 Å². The molecule has 0 aliphatic heterocycles. The second-order valence-corrected chi connectivity index (χ2v) is 5.82. The average Bonchev–Trinajstić information content (AvgIpc) is 2.61. The van der Waals surface area contributed by atoms with Gasteiger partial charge in [0.25, 0.3) is 0 Å². The number of nitrogens with zero attached hydrogens (tertiary/aromatic N) is 1. The normalized spacial score (nSPS) is 11.3. The van der Waals surface area contributed by atoms with Gasteiger partial charge in [-0.3, -0.25) is 0 Å². The number of ether oxygens (including phenoxy) is 3. The zero-order valence-corrected chi connectivity index (χ0v) is 15.2. The van der Waals surface area contributed by atoms with Crippen LogP contribution in [0.25, 0.3) is 0 Å². The Balaban J connectivity index is 2.01. The minimum atomic E-state index is -0.865. The number of rotatable bonds is 7. The molecular formula is C17H13Cl2NO4S. The van der Waals surface area contributed by atoms with Gasteiger partial charge in [0, 0.05) is 11.9 Å². The van der Waals surface area contributed by atoms with E-state index >= 15 is 0 Å². The molecule has 0 bridgehead atoms. The monoisotopic (exact) mass is 397 g/mol. The molecule has 0 amide bonds. The lowest BCUT2D eigenvalue weighted by atomic mass is 10.3. The van der Waals surface area contributed by atoms with Gasteiger partial charge in [-0.2, -0.15) is 12.6 Å². The van der Waals surface area contributed by atoms with E-state index in [2.05, 4.69) is 23.5 Å². The van der Waals surface area contributed by atoms with Crippen molar-refractivity contribution in [1.29, 1.82) is 0 Å². The molecule has 2 aromatic rings. The van der Waals surface area contributed by atoms with Crippen LogP contribution in [-0.2, 0) is 9.53 Å². The van der Waals surface area contributed by atoms with Crippen LogP contribution in [0.5, 0.6) is 17.4 Å². The first-order valence-electron chi connectivity index (χ1n) is 7.00. The summed E-state index contributed by atoms with van der Waals surface area (Å²) < 4.78 is 15.9. The van der Waals surface area contributed by atoms with Crippen molar-refractivity contribution >= 4 is 41.8 Å². The lowest BCUT2D eigenvalue weighted by molar-refractivity contribution is -0.149. The van der Waals surface area contributed by atoms with Crippen LogP contribution in [0.2, 0.25) is 10.0 Å². The predicted molar refractivity (Wildman–Crippen MR) is 98.8 cm³/mol. The van der Waals surface area contributed by atoms with Gasteiger partial charge in [-0.05, 0) is 30.3 Å². The van der Waals surface area contributed by atoms with Crippen molar-refractivity contribution < 1.29 is 19.0 Å². The predicted octanol–water partition coefficient (Wildman–Crippen LogP) is 4.03. The molecule has 1 aromatic carbocycles. The van der Waals surface area contributed by atoms with E-state index in [-0.39, 0.29) is 18.2 Å². The molecule has 8 heteroatoms. The highest BCUT2D eigenvalue weighted by molar-refractivity contribution is 7.80. The maximum absolute atomic E-state index is 11.8. The van der Waals surface area contributed by atoms with Crippen LogP contribution < -0.4 is 9.47 Å². The van der Waals surface area contributed by atoms with Crippen LogP contribution in [0.3, 0.4) is 0 Å². The first-order valence-corrected chi connectivity index (χ1v) is 8.39. The Hall–Kier alpha value is -2.07. The Morgan fingerprint density at radius 1 is 1.28 bits per heavy atom. The van der Waals surface area contributed by atoms with Gasteiger partial charge in [0.15, 0.2) is 6.61 Å². The van der Waals surface area contributed by atoms with Crippen molar-refractivity contribution in [2.75, 3.05) is 12.4 Å². The zero-order chi connectivity index (χ0) is 18.2. The van der Waals surface area contributed by atoms with Crippen LogP contribution in [-0.4, -0.2) is 29.4 Å². The van der Waals surface area contributed by atoms with Crippen LogP contribution in [0.15, 0.2) is 36.5 Å². The highest BCUT2D eigenvalue weighted by atomic mass is 35.5. The summed E-state index contributed by atoms with van der Waals surface area (Å²) in [5, 5.41) is 0.704. The van der Waals surface area contributed by atoms with Crippen molar-refractivity contribution in [2.45, 2.75) is 6.10 Å². The Morgan fingerprint density at radius 3 is 2.56 bits per heavy atom. The number of benzene rings is 1. The molecule has 1 aromatic heterocycles. The van der Waals surface area contributed by atoms with Gasteiger partial charge in [0.2, 0.25) is 12.0 Å². The van der Waals surface area contributed by atoms with Gasteiger partial charge in [0.05, 0.1) is 5.02 Å². The molecule has 0 N–H and O–H groups in total. The highest BCUT2D eigenvalue weighted by Gasteiger charge is 2.20. The Morgan fingerprint density at radius 2 is 1.96 bits per heavy atom. The molecule has 0 spiro atoms. The third-order valence-electron chi connectivity index (χ3n) is 2.82. The van der Waals surface area contributed by atoms with E-state index in [4.69, 9.17) is 43.8 Å². The van der Waals surface area contributed by atoms with E-state index in [1.54, 1.807) is 24.3 Å². The Kier molecular flexibility index (Phi) is 7.26. The van der Waals surface area contributed by atoms with Gasteiger partial charge in [0.1, 0.15) is 16.5 Å². The third-order valence-corrected chi connectivity index (χ3v) is 3.63. The van der Waals surface area contributed by atoms with Crippen LogP contribution in [0.4, 0.5) is 0 Å². The molecule has 0 radical (unpaired) electrons. The molecule has 0 aliphatic carbocycles. The van der Waals surface area contributed by atoms with Gasteiger partial charge in [-0.25, -0.2) is 9.78 Å². The van der Waals surface area contributed by atoms with Crippen LogP contribution in [0.1, 0.15) is 0 Å². The zero-order valence-electron chi connectivity index (χ0n) is 12.8. The van der Waals surface area contributed by atoms with Crippen molar-refractivity contribution in [1.82, 2.24) is 4.98 Å². The fourth-order valence-corrected chi connectivity index (χ4v) is 2.35. The number of carbonyl (C=O) groups is 1. The number of pyridine rings is 1. The van der Waals surface area contributed by atoms with Crippen molar-refractivity contribution in [3.05, 3.63) is 46.6 Å². The molecule has 0 saturated carbocycles. The molecule has 2 rings (SSSR count). The summed E-state index contributed by atoms with van der Waals surface area (Å²) in [5.41, 5.74) is 0. The molecule has 1 atom stereocenters. The van der Waals surface area contributed by atoms with Crippen molar-refractivity contribution in [3.63, 3.8) is 0 Å². The standard InChI is InChI=1S/C17H13Cl2NO4S/c1-2-7-22-17(21)15(10-25)23-12-3-5-13(6-4-12)24-16-14(19)8-11(18)9-20-16/h1,3-6,8-9,15,25H,7,10H2. The minimum absolute atomic E-state index is 0.117. The molecule has 1 unspecified atom stereocenters. The van der Waals surface area contributed by atoms with Gasteiger partial charge < -0.3 is 14.2 Å². The molecule has 5 nitrogen and oxygen atoms in total. The smallest absolute Gasteiger partial charge is 0.349 e. The molecular weight excluding hydrogens is 385 g/mol. The number of terminal acetylenes is 1. The number of hydrogen-bond acceptors (Lipinski definition) is 6.